The Morgan fingerprint density at radius 1 is 1.15 bits per heavy atom. The first-order valence-electron chi connectivity index (χ1n) is 8.45. The molecule has 4 aromatic heterocycles. The first-order valence-corrected chi connectivity index (χ1v) is 9.26. The first-order chi connectivity index (χ1) is 12.7. The number of nitrogens with zero attached hydrogens (tertiary/aromatic N) is 6. The second kappa shape index (κ2) is 6.80. The number of nitrogens with one attached hydrogen (secondary N) is 1. The predicted molar refractivity (Wildman–Crippen MR) is 103 cm³/mol. The number of anilines is 1. The molecule has 0 spiro atoms. The summed E-state index contributed by atoms with van der Waals surface area (Å²) in [5.41, 5.74) is 2.79. The molecular formula is C18H19N7S. The van der Waals surface area contributed by atoms with Gasteiger partial charge in [0.1, 0.15) is 5.82 Å². The molecule has 4 aromatic rings. The molecule has 0 fully saturated rings. The Hall–Kier alpha value is -2.87. The Balaban J connectivity index is 1.72. The number of pyridine rings is 1. The molecular weight excluding hydrogens is 346 g/mol. The molecule has 0 aliphatic carbocycles. The number of thiazole rings is 1. The van der Waals surface area contributed by atoms with Crippen molar-refractivity contribution < 1.29 is 0 Å². The molecule has 0 radical (unpaired) electrons. The van der Waals surface area contributed by atoms with E-state index in [4.69, 9.17) is 4.98 Å². The maximum atomic E-state index is 4.74. The number of fused-ring (bicyclic) bond motifs is 1. The number of aryl methyl sites for hydroxylation is 3. The third kappa shape index (κ3) is 3.03. The van der Waals surface area contributed by atoms with Crippen LogP contribution in [0.15, 0.2) is 30.7 Å². The van der Waals surface area contributed by atoms with Gasteiger partial charge in [0.05, 0.1) is 28.8 Å². The van der Waals surface area contributed by atoms with Crippen molar-refractivity contribution in [1.82, 2.24) is 29.7 Å². The molecule has 0 saturated heterocycles. The highest BCUT2D eigenvalue weighted by molar-refractivity contribution is 7.11. The minimum Gasteiger partial charge on any atom is -0.364 e. The van der Waals surface area contributed by atoms with E-state index in [-0.39, 0.29) is 0 Å². The Morgan fingerprint density at radius 2 is 1.96 bits per heavy atom. The molecule has 0 saturated carbocycles. The van der Waals surface area contributed by atoms with Gasteiger partial charge in [-0.1, -0.05) is 6.92 Å². The van der Waals surface area contributed by atoms with Gasteiger partial charge in [0.15, 0.2) is 11.5 Å². The van der Waals surface area contributed by atoms with Crippen molar-refractivity contribution in [2.45, 2.75) is 26.8 Å². The Kier molecular flexibility index (Phi) is 4.34. The maximum Gasteiger partial charge on any atom is 0.164 e. The van der Waals surface area contributed by atoms with Crippen LogP contribution in [0.3, 0.4) is 0 Å². The van der Waals surface area contributed by atoms with Crippen LogP contribution in [0.5, 0.6) is 0 Å². The molecule has 0 aliphatic heterocycles. The van der Waals surface area contributed by atoms with Crippen molar-refractivity contribution in [3.8, 4) is 11.4 Å². The van der Waals surface area contributed by atoms with Crippen LogP contribution in [0.25, 0.3) is 22.4 Å². The highest BCUT2D eigenvalue weighted by atomic mass is 32.1. The molecule has 4 heterocycles. The van der Waals surface area contributed by atoms with Gasteiger partial charge in [-0.15, -0.1) is 11.3 Å². The molecule has 0 bridgehead atoms. The second-order valence-corrected chi connectivity index (χ2v) is 7.13. The van der Waals surface area contributed by atoms with Crippen molar-refractivity contribution >= 4 is 28.2 Å². The topological polar surface area (TPSA) is 81.4 Å². The standard InChI is InChI=1S/C18H19N7S/c1-4-15-22-11(2)14(26-15)10-20-17-13-9-21-25(3)18(13)24-16(23-17)12-5-7-19-8-6-12/h5-9H,4,10H2,1-3H3,(H,20,23,24). The van der Waals surface area contributed by atoms with Crippen LogP contribution in [0.1, 0.15) is 22.5 Å². The summed E-state index contributed by atoms with van der Waals surface area (Å²) < 4.78 is 1.76. The SMILES string of the molecule is CCc1nc(C)c(CNc2nc(-c3ccncc3)nc3c2cnn3C)s1. The normalized spacial score (nSPS) is 11.2. The zero-order chi connectivity index (χ0) is 18.1. The van der Waals surface area contributed by atoms with Crippen molar-refractivity contribution in [2.75, 3.05) is 5.32 Å². The third-order valence-corrected chi connectivity index (χ3v) is 5.49. The van der Waals surface area contributed by atoms with E-state index in [2.05, 4.69) is 39.2 Å². The lowest BCUT2D eigenvalue weighted by molar-refractivity contribution is 0.786. The smallest absolute Gasteiger partial charge is 0.164 e. The van der Waals surface area contributed by atoms with Gasteiger partial charge in [-0.2, -0.15) is 5.10 Å². The summed E-state index contributed by atoms with van der Waals surface area (Å²) in [6.07, 6.45) is 6.24. The van der Waals surface area contributed by atoms with E-state index >= 15 is 0 Å². The highest BCUT2D eigenvalue weighted by Gasteiger charge is 2.14. The molecule has 26 heavy (non-hydrogen) atoms. The summed E-state index contributed by atoms with van der Waals surface area (Å²) in [7, 11) is 1.89. The first kappa shape index (κ1) is 16.6. The summed E-state index contributed by atoms with van der Waals surface area (Å²) in [6, 6.07) is 3.81. The zero-order valence-electron chi connectivity index (χ0n) is 14.9. The van der Waals surface area contributed by atoms with Gasteiger partial charge < -0.3 is 5.32 Å². The average molecular weight is 365 g/mol. The highest BCUT2D eigenvalue weighted by Crippen LogP contribution is 2.26. The fourth-order valence-electron chi connectivity index (χ4n) is 2.75. The summed E-state index contributed by atoms with van der Waals surface area (Å²) in [5, 5.41) is 9.85. The lowest BCUT2D eigenvalue weighted by Gasteiger charge is -2.09. The Morgan fingerprint density at radius 3 is 2.69 bits per heavy atom. The van der Waals surface area contributed by atoms with Crippen LogP contribution >= 0.6 is 11.3 Å². The van der Waals surface area contributed by atoms with Crippen LogP contribution in [-0.2, 0) is 20.0 Å². The van der Waals surface area contributed by atoms with Gasteiger partial charge in [-0.3, -0.25) is 9.67 Å². The van der Waals surface area contributed by atoms with Gasteiger partial charge in [0, 0.05) is 29.9 Å². The van der Waals surface area contributed by atoms with Crippen molar-refractivity contribution in [1.29, 1.82) is 0 Å². The van der Waals surface area contributed by atoms with E-state index in [9.17, 15) is 0 Å². The quantitative estimate of drug-likeness (QED) is 0.584. The molecule has 1 N–H and O–H groups in total. The van der Waals surface area contributed by atoms with E-state index in [1.54, 1.807) is 34.6 Å². The second-order valence-electron chi connectivity index (χ2n) is 5.96. The molecule has 0 aromatic carbocycles. The third-order valence-electron chi connectivity index (χ3n) is 4.19. The predicted octanol–water partition coefficient (Wildman–Crippen LogP) is 3.36. The van der Waals surface area contributed by atoms with Gasteiger partial charge in [0.2, 0.25) is 0 Å². The number of aromatic nitrogens is 6. The molecule has 4 rings (SSSR count). The van der Waals surface area contributed by atoms with E-state index < -0.39 is 0 Å². The average Bonchev–Trinajstić information content (AvgIpc) is 3.23. The molecule has 8 heteroatoms. The van der Waals surface area contributed by atoms with Crippen LogP contribution < -0.4 is 5.32 Å². The van der Waals surface area contributed by atoms with Gasteiger partial charge in [0.25, 0.3) is 0 Å². The van der Waals surface area contributed by atoms with Gasteiger partial charge in [-0.05, 0) is 25.5 Å². The van der Waals surface area contributed by atoms with Crippen molar-refractivity contribution in [2.24, 2.45) is 7.05 Å². The fourth-order valence-corrected chi connectivity index (χ4v) is 3.70. The van der Waals surface area contributed by atoms with Gasteiger partial charge >= 0.3 is 0 Å². The van der Waals surface area contributed by atoms with E-state index in [1.807, 2.05) is 19.2 Å². The minimum absolute atomic E-state index is 0.654. The van der Waals surface area contributed by atoms with Gasteiger partial charge in [-0.25, -0.2) is 15.0 Å². The van der Waals surface area contributed by atoms with Crippen LogP contribution in [0, 0.1) is 6.92 Å². The number of hydrogen-bond donors (Lipinski definition) is 1. The summed E-state index contributed by atoms with van der Waals surface area (Å²) in [5.74, 6) is 1.43. The molecule has 0 unspecified atom stereocenters. The molecule has 0 aliphatic rings. The monoisotopic (exact) mass is 365 g/mol. The molecule has 132 valence electrons. The molecule has 0 amide bonds. The number of rotatable bonds is 5. The van der Waals surface area contributed by atoms with Crippen molar-refractivity contribution in [3.63, 3.8) is 0 Å². The number of hydrogen-bond acceptors (Lipinski definition) is 7. The lowest BCUT2D eigenvalue weighted by Crippen LogP contribution is -2.04. The summed E-state index contributed by atoms with van der Waals surface area (Å²) >= 11 is 1.74. The Labute approximate surface area is 155 Å². The maximum absolute atomic E-state index is 4.74. The summed E-state index contributed by atoms with van der Waals surface area (Å²) in [6.45, 7) is 4.86. The zero-order valence-corrected chi connectivity index (χ0v) is 15.7. The van der Waals surface area contributed by atoms with Crippen molar-refractivity contribution in [3.05, 3.63) is 46.3 Å². The molecule has 7 nitrogen and oxygen atoms in total. The van der Waals surface area contributed by atoms with Crippen LogP contribution in [0.2, 0.25) is 0 Å². The van der Waals surface area contributed by atoms with E-state index in [0.717, 1.165) is 39.5 Å². The largest absolute Gasteiger partial charge is 0.364 e. The minimum atomic E-state index is 0.654. The molecule has 0 atom stereocenters. The van der Waals surface area contributed by atoms with Crippen LogP contribution in [-0.4, -0.2) is 29.7 Å². The Bertz CT molecular complexity index is 1050. The summed E-state index contributed by atoms with van der Waals surface area (Å²) in [4.78, 5) is 19.3. The fraction of sp³-hybridized carbons (Fsp3) is 0.278. The lowest BCUT2D eigenvalue weighted by atomic mass is 10.2. The van der Waals surface area contributed by atoms with E-state index in [1.165, 1.54) is 4.88 Å². The van der Waals surface area contributed by atoms with Crippen LogP contribution in [0.4, 0.5) is 5.82 Å². The van der Waals surface area contributed by atoms with E-state index in [0.29, 0.717) is 12.4 Å².